The van der Waals surface area contributed by atoms with Crippen LogP contribution in [0.3, 0.4) is 0 Å². The number of para-hydroxylation sites is 2. The number of hydrogen-bond donors (Lipinski definition) is 0. The molecule has 3 aliphatic carbocycles. The van der Waals surface area contributed by atoms with Crippen LogP contribution in [0.4, 0.5) is 0 Å². The van der Waals surface area contributed by atoms with Crippen LogP contribution in [0.25, 0.3) is 94.5 Å². The topological polar surface area (TPSA) is 43.6 Å². The van der Waals surface area contributed by atoms with E-state index in [1.165, 1.54) is 60.8 Å². The summed E-state index contributed by atoms with van der Waals surface area (Å²) in [5, 5.41) is 3.68. The molecule has 0 spiro atoms. The highest BCUT2D eigenvalue weighted by molar-refractivity contribution is 6.23. The Bertz CT molecular complexity index is 3630. The van der Waals surface area contributed by atoms with Crippen molar-refractivity contribution in [1.29, 1.82) is 0 Å². The molecule has 4 nitrogen and oxygen atoms in total. The van der Waals surface area contributed by atoms with Crippen LogP contribution >= 0.6 is 0 Å². The summed E-state index contributed by atoms with van der Waals surface area (Å²) in [5.41, 5.74) is 19.2. The number of allylic oxidation sites excluding steroid dienone is 14. The minimum Gasteiger partial charge on any atom is -0.307 e. The number of aromatic nitrogens is 4. The van der Waals surface area contributed by atoms with Gasteiger partial charge in [0.05, 0.1) is 33.6 Å². The third-order valence-electron chi connectivity index (χ3n) is 13.9. The molecule has 12 rings (SSSR count). The molecule has 9 aromatic rings. The fraction of sp³-hybridized carbons (Fsp3) is 0.109. The van der Waals surface area contributed by atoms with E-state index in [0.29, 0.717) is 11.7 Å². The first-order chi connectivity index (χ1) is 33.5. The van der Waals surface area contributed by atoms with Crippen LogP contribution in [0.15, 0.2) is 218 Å². The number of pyridine rings is 1. The molecule has 0 saturated heterocycles. The minimum atomic E-state index is 0.287. The smallest absolute Gasteiger partial charge is 0.160 e. The Balaban J connectivity index is 0.923. The predicted molar refractivity (Wildman–Crippen MR) is 286 cm³/mol. The number of nitrogens with zero attached hydrogens (tertiary/aromatic N) is 4. The Hall–Kier alpha value is -8.21. The molecular weight excluding hydrogens is 825 g/mol. The molecule has 2 unspecified atom stereocenters. The van der Waals surface area contributed by atoms with Crippen molar-refractivity contribution in [3.63, 3.8) is 0 Å². The van der Waals surface area contributed by atoms with E-state index in [2.05, 4.69) is 237 Å². The van der Waals surface area contributed by atoms with Gasteiger partial charge in [-0.1, -0.05) is 208 Å². The van der Waals surface area contributed by atoms with Gasteiger partial charge in [-0.25, -0.2) is 15.0 Å². The number of rotatable bonds is 8. The van der Waals surface area contributed by atoms with Crippen LogP contribution in [0.2, 0.25) is 0 Å². The Kier molecular flexibility index (Phi) is 10.6. The molecule has 3 aliphatic rings. The molecule has 0 aliphatic heterocycles. The number of hydrogen-bond acceptors (Lipinski definition) is 3. The maximum atomic E-state index is 5.47. The summed E-state index contributed by atoms with van der Waals surface area (Å²) in [7, 11) is 0. The zero-order valence-electron chi connectivity index (χ0n) is 38.3. The SMILES string of the molecule is CC1C=C(n2c3ccccc3c3c4ccccc4nc(C4=CC=C(c5ccc(-c6nc(C7=CC=C(c8ccccc8)CC7C)cc(-c7ccc(-c8ccccc8)cc7)n6)cc5)C=CC4)c32)C=CC1. The van der Waals surface area contributed by atoms with Crippen LogP contribution in [0.5, 0.6) is 0 Å². The average molecular weight is 875 g/mol. The summed E-state index contributed by atoms with van der Waals surface area (Å²) in [6.07, 6.45) is 23.4. The van der Waals surface area contributed by atoms with Gasteiger partial charge in [-0.2, -0.15) is 0 Å². The molecule has 0 amide bonds. The Morgan fingerprint density at radius 1 is 0.515 bits per heavy atom. The molecule has 0 saturated carbocycles. The van der Waals surface area contributed by atoms with Gasteiger partial charge < -0.3 is 4.57 Å². The lowest BCUT2D eigenvalue weighted by atomic mass is 9.84. The third kappa shape index (κ3) is 7.68. The molecule has 3 heterocycles. The standard InChI is InChI=1S/C64H50N4/c1-42-15-13-22-53(39-42)68-60-26-12-10-24-56(60)61-55-23-9-11-25-57(55)65-62(63(61)68)50-21-14-20-46(29-34-50)48-30-35-51(36-31-48)64-66-58(49-32-27-47(28-33-49)44-16-5-3-6-17-44)41-59(67-64)54-38-37-52(40-43(54)2)45-18-7-4-8-19-45/h3-14,16-20,22-39,41-43H,15,21,40H2,1-2H3. The summed E-state index contributed by atoms with van der Waals surface area (Å²) in [6, 6.07) is 58.3. The van der Waals surface area contributed by atoms with Gasteiger partial charge in [0.25, 0.3) is 0 Å². The van der Waals surface area contributed by atoms with E-state index in [1.54, 1.807) is 0 Å². The van der Waals surface area contributed by atoms with Crippen LogP contribution in [-0.4, -0.2) is 19.5 Å². The van der Waals surface area contributed by atoms with Gasteiger partial charge in [0.15, 0.2) is 5.82 Å². The normalized spacial score (nSPS) is 17.1. The van der Waals surface area contributed by atoms with Crippen molar-refractivity contribution in [2.75, 3.05) is 0 Å². The second-order valence-corrected chi connectivity index (χ2v) is 18.4. The van der Waals surface area contributed by atoms with Crippen molar-refractivity contribution < 1.29 is 0 Å². The van der Waals surface area contributed by atoms with Gasteiger partial charge in [-0.15, -0.1) is 0 Å². The summed E-state index contributed by atoms with van der Waals surface area (Å²) < 4.78 is 2.46. The second kappa shape index (κ2) is 17.5. The Morgan fingerprint density at radius 2 is 1.16 bits per heavy atom. The van der Waals surface area contributed by atoms with E-state index in [-0.39, 0.29) is 5.92 Å². The van der Waals surface area contributed by atoms with Crippen molar-refractivity contribution in [3.8, 4) is 33.8 Å². The lowest BCUT2D eigenvalue weighted by molar-refractivity contribution is 0.735. The van der Waals surface area contributed by atoms with E-state index in [1.807, 2.05) is 0 Å². The van der Waals surface area contributed by atoms with Crippen molar-refractivity contribution >= 4 is 60.7 Å². The van der Waals surface area contributed by atoms with Crippen LogP contribution < -0.4 is 0 Å². The summed E-state index contributed by atoms with van der Waals surface area (Å²) in [5.74, 6) is 1.46. The molecule has 4 heteroatoms. The molecule has 3 aromatic heterocycles. The first-order valence-electron chi connectivity index (χ1n) is 23.9. The number of benzene rings is 6. The van der Waals surface area contributed by atoms with Crippen molar-refractivity contribution in [2.24, 2.45) is 11.8 Å². The highest BCUT2D eigenvalue weighted by Crippen LogP contribution is 2.42. The summed E-state index contributed by atoms with van der Waals surface area (Å²) in [6.45, 7) is 4.61. The molecule has 326 valence electrons. The molecule has 0 N–H and O–H groups in total. The van der Waals surface area contributed by atoms with Crippen LogP contribution in [0.1, 0.15) is 55.6 Å². The van der Waals surface area contributed by atoms with Gasteiger partial charge in [0.2, 0.25) is 0 Å². The first-order valence-corrected chi connectivity index (χ1v) is 23.9. The second-order valence-electron chi connectivity index (χ2n) is 18.4. The largest absolute Gasteiger partial charge is 0.307 e. The number of fused-ring (bicyclic) bond motifs is 5. The van der Waals surface area contributed by atoms with E-state index >= 15 is 0 Å². The molecule has 2 atom stereocenters. The highest BCUT2D eigenvalue weighted by atomic mass is 15.0. The van der Waals surface area contributed by atoms with E-state index in [4.69, 9.17) is 15.0 Å². The van der Waals surface area contributed by atoms with Gasteiger partial charge in [-0.05, 0) is 99.9 Å². The fourth-order valence-electron chi connectivity index (χ4n) is 10.4. The van der Waals surface area contributed by atoms with Gasteiger partial charge >= 0.3 is 0 Å². The van der Waals surface area contributed by atoms with Crippen molar-refractivity contribution in [1.82, 2.24) is 19.5 Å². The lowest BCUT2D eigenvalue weighted by Crippen LogP contribution is -2.07. The van der Waals surface area contributed by atoms with E-state index < -0.39 is 0 Å². The van der Waals surface area contributed by atoms with Crippen molar-refractivity contribution in [2.45, 2.75) is 33.1 Å². The summed E-state index contributed by atoms with van der Waals surface area (Å²) >= 11 is 0. The molecule has 0 bridgehead atoms. The minimum absolute atomic E-state index is 0.287. The zero-order valence-corrected chi connectivity index (χ0v) is 38.3. The van der Waals surface area contributed by atoms with Gasteiger partial charge in [0, 0.05) is 33.0 Å². The predicted octanol–water partition coefficient (Wildman–Crippen LogP) is 16.5. The van der Waals surface area contributed by atoms with Crippen LogP contribution in [0, 0.1) is 11.8 Å². The van der Waals surface area contributed by atoms with Crippen molar-refractivity contribution in [3.05, 3.63) is 241 Å². The van der Waals surface area contributed by atoms with Gasteiger partial charge in [-0.3, -0.25) is 0 Å². The molecule has 6 aromatic carbocycles. The first kappa shape index (κ1) is 41.2. The molecule has 68 heavy (non-hydrogen) atoms. The average Bonchev–Trinajstić information content (AvgIpc) is 3.55. The monoisotopic (exact) mass is 874 g/mol. The summed E-state index contributed by atoms with van der Waals surface area (Å²) in [4.78, 5) is 16.0. The van der Waals surface area contributed by atoms with Crippen LogP contribution in [-0.2, 0) is 0 Å². The van der Waals surface area contributed by atoms with Gasteiger partial charge in [0.1, 0.15) is 0 Å². The molecule has 0 fully saturated rings. The Morgan fingerprint density at radius 3 is 1.94 bits per heavy atom. The third-order valence-corrected chi connectivity index (χ3v) is 13.9. The lowest BCUT2D eigenvalue weighted by Gasteiger charge is -2.22. The zero-order chi connectivity index (χ0) is 45.6. The van der Waals surface area contributed by atoms with E-state index in [9.17, 15) is 0 Å². The maximum absolute atomic E-state index is 5.47. The quantitative estimate of drug-likeness (QED) is 0.153. The van der Waals surface area contributed by atoms with E-state index in [0.717, 1.165) is 69.6 Å². The highest BCUT2D eigenvalue weighted by Gasteiger charge is 2.24. The molecule has 0 radical (unpaired) electrons. The Labute approximate surface area is 398 Å². The molecular formula is C64H50N4. The fourth-order valence-corrected chi connectivity index (χ4v) is 10.4. The maximum Gasteiger partial charge on any atom is 0.160 e.